The number of hydrogen-bond donors (Lipinski definition) is 0. The molecule has 0 saturated carbocycles. The van der Waals surface area contributed by atoms with Crippen molar-refractivity contribution >= 4 is 18.5 Å². The monoisotopic (exact) mass is 222 g/mol. The molecule has 0 aromatic carbocycles. The Balaban J connectivity index is 2.51. The van der Waals surface area contributed by atoms with Crippen molar-refractivity contribution in [3.63, 3.8) is 0 Å². The molecule has 2 rings (SSSR count). The van der Waals surface area contributed by atoms with Gasteiger partial charge >= 0.3 is 0 Å². The van der Waals surface area contributed by atoms with Gasteiger partial charge in [-0.25, -0.2) is 0 Å². The average Bonchev–Trinajstić information content (AvgIpc) is 2.60. The van der Waals surface area contributed by atoms with E-state index in [-0.39, 0.29) is 0 Å². The van der Waals surface area contributed by atoms with Gasteiger partial charge in [0.05, 0.1) is 0 Å². The van der Waals surface area contributed by atoms with Crippen LogP contribution in [0.15, 0.2) is 45.1 Å². The third-order valence-corrected chi connectivity index (χ3v) is 3.99. The summed E-state index contributed by atoms with van der Waals surface area (Å²) in [7, 11) is 5.76. The van der Waals surface area contributed by atoms with Crippen LogP contribution in [0, 0.1) is 0 Å². The summed E-state index contributed by atoms with van der Waals surface area (Å²) in [5.41, 5.74) is 5.79. The number of rotatable bonds is 1. The molecule has 0 radical (unpaired) electrons. The second-order valence-electron chi connectivity index (χ2n) is 3.98. The fourth-order valence-electron chi connectivity index (χ4n) is 2.16. The largest absolute Gasteiger partial charge is 0.109 e. The molecule has 0 bridgehead atoms. The zero-order valence-corrected chi connectivity index (χ0v) is 11.0. The molecule has 0 nitrogen and oxygen atoms in total. The lowest BCUT2D eigenvalue weighted by Crippen LogP contribution is -1.91. The molecule has 2 aliphatic rings. The highest BCUT2D eigenvalue weighted by Gasteiger charge is 2.21. The van der Waals surface area contributed by atoms with Gasteiger partial charge in [-0.05, 0) is 59.6 Å². The summed E-state index contributed by atoms with van der Waals surface area (Å²) in [5, 5.41) is 2.87. The minimum absolute atomic E-state index is 1.10. The van der Waals surface area contributed by atoms with Crippen molar-refractivity contribution in [3.05, 3.63) is 45.1 Å². The molecule has 0 aromatic heterocycles. The first-order valence-electron chi connectivity index (χ1n) is 4.93. The second kappa shape index (κ2) is 3.76. The normalized spacial score (nSPS) is 22.0. The lowest BCUT2D eigenvalue weighted by molar-refractivity contribution is 1.33. The van der Waals surface area contributed by atoms with Gasteiger partial charge in [0.25, 0.3) is 0 Å². The van der Waals surface area contributed by atoms with Crippen LogP contribution in [-0.2, 0) is 0 Å². The van der Waals surface area contributed by atoms with Gasteiger partial charge in [0.1, 0.15) is 0 Å². The van der Waals surface area contributed by atoms with Crippen molar-refractivity contribution in [2.24, 2.45) is 0 Å². The molecule has 0 aliphatic heterocycles. The minimum atomic E-state index is 1.10. The Morgan fingerprint density at radius 2 is 1.21 bits per heavy atom. The Kier molecular flexibility index (Phi) is 2.78. The zero-order valence-electron chi connectivity index (χ0n) is 8.72. The van der Waals surface area contributed by atoms with Crippen LogP contribution in [0.1, 0.15) is 26.7 Å². The summed E-state index contributed by atoms with van der Waals surface area (Å²) in [6.45, 7) is 4.42. The molecule has 2 atom stereocenters. The van der Waals surface area contributed by atoms with E-state index in [2.05, 4.69) is 44.5 Å². The fraction of sp³-hybridized carbons (Fsp3) is 0.333. The maximum Gasteiger partial charge on any atom is -0.00860 e. The van der Waals surface area contributed by atoms with Crippen LogP contribution in [0.5, 0.6) is 0 Å². The van der Waals surface area contributed by atoms with E-state index >= 15 is 0 Å². The number of hydrogen-bond acceptors (Lipinski definition) is 0. The first kappa shape index (κ1) is 10.3. The van der Waals surface area contributed by atoms with Crippen LogP contribution in [0.3, 0.4) is 0 Å². The first-order chi connectivity index (χ1) is 6.61. The van der Waals surface area contributed by atoms with Crippen molar-refractivity contribution in [1.29, 1.82) is 0 Å². The van der Waals surface area contributed by atoms with Crippen molar-refractivity contribution < 1.29 is 0 Å². The third kappa shape index (κ3) is 1.56. The Morgan fingerprint density at radius 1 is 0.857 bits per heavy atom. The van der Waals surface area contributed by atoms with Gasteiger partial charge in [-0.1, -0.05) is 12.2 Å². The SMILES string of the molecule is CC1=CCC(P)=C1C1=C(P)CC=C1C. The highest BCUT2D eigenvalue weighted by atomic mass is 31.0. The van der Waals surface area contributed by atoms with Gasteiger partial charge in [-0.3, -0.25) is 0 Å². The van der Waals surface area contributed by atoms with E-state index in [4.69, 9.17) is 0 Å². The number of allylic oxidation sites excluding steroid dienone is 8. The molecule has 0 N–H and O–H groups in total. The molecule has 0 heterocycles. The highest BCUT2D eigenvalue weighted by molar-refractivity contribution is 7.23. The predicted octanol–water partition coefficient (Wildman–Crippen LogP) is 3.94. The molecule has 0 amide bonds. The maximum atomic E-state index is 2.88. The topological polar surface area (TPSA) is 0 Å². The molecule has 74 valence electrons. The molecule has 0 saturated heterocycles. The molecule has 0 spiro atoms. The van der Waals surface area contributed by atoms with Crippen molar-refractivity contribution in [3.8, 4) is 0 Å². The smallest absolute Gasteiger partial charge is 0.00860 e. The second-order valence-corrected chi connectivity index (χ2v) is 5.38. The summed E-state index contributed by atoms with van der Waals surface area (Å²) in [6, 6.07) is 0. The predicted molar refractivity (Wildman–Crippen MR) is 70.2 cm³/mol. The minimum Gasteiger partial charge on any atom is -0.109 e. The lowest BCUT2D eigenvalue weighted by Gasteiger charge is -2.11. The Bertz CT molecular complexity index is 366. The van der Waals surface area contributed by atoms with Gasteiger partial charge in [0.15, 0.2) is 0 Å². The molecule has 2 heteroatoms. The quantitative estimate of drug-likeness (QED) is 0.589. The van der Waals surface area contributed by atoms with Crippen LogP contribution in [0.2, 0.25) is 0 Å². The van der Waals surface area contributed by atoms with E-state index in [0.717, 1.165) is 12.8 Å². The lowest BCUT2D eigenvalue weighted by atomic mass is 9.98. The van der Waals surface area contributed by atoms with Gasteiger partial charge < -0.3 is 0 Å². The molecule has 2 unspecified atom stereocenters. The van der Waals surface area contributed by atoms with E-state index < -0.39 is 0 Å². The molecule has 2 aliphatic carbocycles. The van der Waals surface area contributed by atoms with Gasteiger partial charge in [-0.2, -0.15) is 0 Å². The van der Waals surface area contributed by atoms with E-state index in [0.29, 0.717) is 0 Å². The highest BCUT2D eigenvalue weighted by Crippen LogP contribution is 2.43. The maximum absolute atomic E-state index is 2.88. The van der Waals surface area contributed by atoms with Crippen LogP contribution in [0.4, 0.5) is 0 Å². The summed E-state index contributed by atoms with van der Waals surface area (Å²) in [5.74, 6) is 0. The molecular formula is C12H16P2. The molecule has 14 heavy (non-hydrogen) atoms. The average molecular weight is 222 g/mol. The van der Waals surface area contributed by atoms with Crippen molar-refractivity contribution in [2.45, 2.75) is 26.7 Å². The molecule has 0 fully saturated rings. The van der Waals surface area contributed by atoms with Crippen LogP contribution in [-0.4, -0.2) is 0 Å². The van der Waals surface area contributed by atoms with Crippen molar-refractivity contribution in [1.82, 2.24) is 0 Å². The summed E-state index contributed by atoms with van der Waals surface area (Å²) < 4.78 is 0. The summed E-state index contributed by atoms with van der Waals surface area (Å²) in [4.78, 5) is 0. The van der Waals surface area contributed by atoms with Gasteiger partial charge in [-0.15, -0.1) is 18.5 Å². The van der Waals surface area contributed by atoms with Crippen LogP contribution >= 0.6 is 18.5 Å². The Hall–Kier alpha value is -0.180. The van der Waals surface area contributed by atoms with Crippen LogP contribution < -0.4 is 0 Å². The van der Waals surface area contributed by atoms with E-state index in [1.165, 1.54) is 32.9 Å². The van der Waals surface area contributed by atoms with E-state index in [1.807, 2.05) is 0 Å². The molecular weight excluding hydrogens is 206 g/mol. The summed E-state index contributed by atoms with van der Waals surface area (Å²) >= 11 is 0. The van der Waals surface area contributed by atoms with E-state index in [9.17, 15) is 0 Å². The zero-order chi connectivity index (χ0) is 10.3. The van der Waals surface area contributed by atoms with Crippen molar-refractivity contribution in [2.75, 3.05) is 0 Å². The molecule has 0 aromatic rings. The van der Waals surface area contributed by atoms with Gasteiger partial charge in [0.2, 0.25) is 0 Å². The Morgan fingerprint density at radius 3 is 1.43 bits per heavy atom. The Labute approximate surface area is 90.6 Å². The van der Waals surface area contributed by atoms with Gasteiger partial charge in [0, 0.05) is 0 Å². The van der Waals surface area contributed by atoms with E-state index in [1.54, 1.807) is 0 Å². The van der Waals surface area contributed by atoms with Crippen LogP contribution in [0.25, 0.3) is 0 Å². The fourth-order valence-corrected chi connectivity index (χ4v) is 3.14. The standard InChI is InChI=1S/C12H16P2/c1-7-3-5-9(13)11(7)12-8(2)4-6-10(12)14/h3-4H,5-6,13-14H2,1-2H3. The third-order valence-electron chi connectivity index (χ3n) is 2.94. The first-order valence-corrected chi connectivity index (χ1v) is 6.08. The summed E-state index contributed by atoms with van der Waals surface area (Å²) in [6.07, 6.45) is 6.82.